The topological polar surface area (TPSA) is 38.3 Å². The van der Waals surface area contributed by atoms with Crippen molar-refractivity contribution in [1.82, 2.24) is 5.32 Å². The fraction of sp³-hybridized carbons (Fsp3) is 0.875. The van der Waals surface area contributed by atoms with Crippen molar-refractivity contribution < 1.29 is 18.3 Å². The van der Waals surface area contributed by atoms with Gasteiger partial charge in [0.2, 0.25) is 5.92 Å². The van der Waals surface area contributed by atoms with E-state index < -0.39 is 5.92 Å². The first kappa shape index (κ1) is 10.4. The number of hydrogen-bond acceptors (Lipinski definition) is 3. The average Bonchev–Trinajstić information content (AvgIpc) is 2.00. The summed E-state index contributed by atoms with van der Waals surface area (Å²) in [6, 6.07) is 0. The summed E-state index contributed by atoms with van der Waals surface area (Å²) in [6.45, 7) is 0.559. The van der Waals surface area contributed by atoms with Gasteiger partial charge in [-0.15, -0.1) is 0 Å². The van der Waals surface area contributed by atoms with E-state index in [4.69, 9.17) is 0 Å². The third kappa shape index (κ3) is 3.26. The van der Waals surface area contributed by atoms with Crippen LogP contribution in [0.15, 0.2) is 0 Å². The van der Waals surface area contributed by atoms with Crippen molar-refractivity contribution in [3.05, 3.63) is 0 Å². The minimum atomic E-state index is -2.47. The minimum Gasteiger partial charge on any atom is -0.468 e. The molecule has 0 aromatic heterocycles. The van der Waals surface area contributed by atoms with E-state index in [9.17, 15) is 13.6 Å². The molecule has 1 N–H and O–H groups in total. The number of hydrogen-bond donors (Lipinski definition) is 1. The van der Waals surface area contributed by atoms with Crippen LogP contribution in [-0.2, 0) is 9.53 Å². The number of nitrogens with one attached hydrogen (secondary N) is 1. The number of alkyl halides is 2. The van der Waals surface area contributed by atoms with Crippen molar-refractivity contribution in [2.45, 2.75) is 18.8 Å². The molecule has 0 aliphatic heterocycles. The summed E-state index contributed by atoms with van der Waals surface area (Å²) in [7, 11) is 1.29. The van der Waals surface area contributed by atoms with E-state index in [-0.39, 0.29) is 31.3 Å². The highest BCUT2D eigenvalue weighted by atomic mass is 19.3. The maximum atomic E-state index is 12.3. The predicted molar refractivity (Wildman–Crippen MR) is 42.6 cm³/mol. The summed E-state index contributed by atoms with van der Waals surface area (Å²) < 4.78 is 29.0. The number of carbonyl (C=O) groups is 1. The van der Waals surface area contributed by atoms with E-state index in [2.05, 4.69) is 10.1 Å². The maximum Gasteiger partial charge on any atom is 0.319 e. The summed E-state index contributed by atoms with van der Waals surface area (Å²) in [6.07, 6.45) is -0.137. The summed E-state index contributed by atoms with van der Waals surface area (Å²) >= 11 is 0. The molecule has 76 valence electrons. The lowest BCUT2D eigenvalue weighted by Crippen LogP contribution is -2.42. The van der Waals surface area contributed by atoms with Gasteiger partial charge in [-0.05, 0) is 12.5 Å². The molecule has 0 radical (unpaired) electrons. The van der Waals surface area contributed by atoms with E-state index in [1.807, 2.05) is 0 Å². The number of carbonyl (C=O) groups excluding carboxylic acids is 1. The molecule has 1 fully saturated rings. The van der Waals surface area contributed by atoms with Gasteiger partial charge in [0.25, 0.3) is 0 Å². The number of ether oxygens (including phenoxy) is 1. The normalized spacial score (nSPS) is 20.8. The molecule has 13 heavy (non-hydrogen) atoms. The standard InChI is InChI=1S/C8H13F2NO2/c1-13-7(12)5-11-4-6-2-8(9,10)3-6/h6,11H,2-5H2,1H3. The molecule has 1 rings (SSSR count). The van der Waals surface area contributed by atoms with E-state index in [1.54, 1.807) is 0 Å². The van der Waals surface area contributed by atoms with Crippen LogP contribution in [0.3, 0.4) is 0 Å². The Bertz CT molecular complexity index is 189. The zero-order chi connectivity index (χ0) is 9.90. The average molecular weight is 193 g/mol. The largest absolute Gasteiger partial charge is 0.468 e. The fourth-order valence-corrected chi connectivity index (χ4v) is 1.38. The lowest BCUT2D eigenvalue weighted by atomic mass is 9.81. The number of methoxy groups -OCH3 is 1. The Morgan fingerprint density at radius 3 is 2.69 bits per heavy atom. The molecule has 0 unspecified atom stereocenters. The van der Waals surface area contributed by atoms with Crippen molar-refractivity contribution in [1.29, 1.82) is 0 Å². The quantitative estimate of drug-likeness (QED) is 0.671. The van der Waals surface area contributed by atoms with Crippen LogP contribution >= 0.6 is 0 Å². The van der Waals surface area contributed by atoms with Gasteiger partial charge in [0.05, 0.1) is 13.7 Å². The van der Waals surface area contributed by atoms with Crippen molar-refractivity contribution in [3.8, 4) is 0 Å². The minimum absolute atomic E-state index is 0.000318. The van der Waals surface area contributed by atoms with E-state index in [0.717, 1.165) is 0 Å². The van der Waals surface area contributed by atoms with Crippen LogP contribution in [0, 0.1) is 5.92 Å². The predicted octanol–water partition coefficient (Wildman–Crippen LogP) is 0.794. The third-order valence-corrected chi connectivity index (χ3v) is 2.10. The second-order valence-corrected chi connectivity index (χ2v) is 3.34. The number of halogens is 2. The molecule has 0 heterocycles. The Morgan fingerprint density at radius 2 is 2.23 bits per heavy atom. The van der Waals surface area contributed by atoms with Crippen LogP contribution in [0.1, 0.15) is 12.8 Å². The molecule has 0 amide bonds. The first-order valence-corrected chi connectivity index (χ1v) is 4.19. The Kier molecular flexibility index (Phi) is 3.19. The Morgan fingerprint density at radius 1 is 1.62 bits per heavy atom. The molecule has 0 spiro atoms. The van der Waals surface area contributed by atoms with E-state index >= 15 is 0 Å². The molecular formula is C8H13F2NO2. The third-order valence-electron chi connectivity index (χ3n) is 2.10. The summed E-state index contributed by atoms with van der Waals surface area (Å²) in [5, 5.41) is 2.77. The van der Waals surface area contributed by atoms with Gasteiger partial charge in [-0.2, -0.15) is 0 Å². The molecule has 0 bridgehead atoms. The molecule has 0 saturated heterocycles. The van der Waals surface area contributed by atoms with Gasteiger partial charge in [-0.1, -0.05) is 0 Å². The number of rotatable bonds is 4. The van der Waals surface area contributed by atoms with Crippen LogP contribution in [-0.4, -0.2) is 32.1 Å². The van der Waals surface area contributed by atoms with Crippen LogP contribution in [0.25, 0.3) is 0 Å². The van der Waals surface area contributed by atoms with Gasteiger partial charge in [-0.3, -0.25) is 4.79 Å². The SMILES string of the molecule is COC(=O)CNCC1CC(F)(F)C1. The van der Waals surface area contributed by atoms with Gasteiger partial charge < -0.3 is 10.1 Å². The van der Waals surface area contributed by atoms with Crippen LogP contribution < -0.4 is 5.32 Å². The Balaban J connectivity index is 2.00. The lowest BCUT2D eigenvalue weighted by Gasteiger charge is -2.34. The molecule has 0 atom stereocenters. The smallest absolute Gasteiger partial charge is 0.319 e. The van der Waals surface area contributed by atoms with Crippen molar-refractivity contribution in [3.63, 3.8) is 0 Å². The lowest BCUT2D eigenvalue weighted by molar-refractivity contribution is -0.139. The highest BCUT2D eigenvalue weighted by molar-refractivity contribution is 5.71. The van der Waals surface area contributed by atoms with E-state index in [0.29, 0.717) is 6.54 Å². The molecule has 5 heteroatoms. The summed E-state index contributed by atoms with van der Waals surface area (Å²) in [5.74, 6) is -2.84. The van der Waals surface area contributed by atoms with Crippen molar-refractivity contribution in [2.75, 3.05) is 20.2 Å². The van der Waals surface area contributed by atoms with Gasteiger partial charge in [0.15, 0.2) is 0 Å². The molecule has 0 aromatic rings. The van der Waals surface area contributed by atoms with Gasteiger partial charge in [0.1, 0.15) is 0 Å². The van der Waals surface area contributed by atoms with Crippen LogP contribution in [0.2, 0.25) is 0 Å². The monoisotopic (exact) mass is 193 g/mol. The second kappa shape index (κ2) is 4.00. The molecule has 1 aliphatic carbocycles. The number of esters is 1. The highest BCUT2D eigenvalue weighted by Gasteiger charge is 2.44. The second-order valence-electron chi connectivity index (χ2n) is 3.34. The van der Waals surface area contributed by atoms with Gasteiger partial charge in [-0.25, -0.2) is 8.78 Å². The first-order chi connectivity index (χ1) is 6.03. The van der Waals surface area contributed by atoms with Gasteiger partial charge >= 0.3 is 5.97 Å². The zero-order valence-electron chi connectivity index (χ0n) is 7.48. The van der Waals surface area contributed by atoms with Crippen molar-refractivity contribution >= 4 is 5.97 Å². The van der Waals surface area contributed by atoms with Crippen LogP contribution in [0.5, 0.6) is 0 Å². The summed E-state index contributed by atoms with van der Waals surface area (Å²) in [4.78, 5) is 10.6. The Hall–Kier alpha value is -0.710. The first-order valence-electron chi connectivity index (χ1n) is 4.19. The zero-order valence-corrected chi connectivity index (χ0v) is 7.48. The Labute approximate surface area is 75.4 Å². The van der Waals surface area contributed by atoms with Crippen molar-refractivity contribution in [2.24, 2.45) is 5.92 Å². The molecule has 0 aromatic carbocycles. The summed E-state index contributed by atoms with van der Waals surface area (Å²) in [5.41, 5.74) is 0. The van der Waals surface area contributed by atoms with E-state index in [1.165, 1.54) is 7.11 Å². The molecule has 1 aliphatic rings. The van der Waals surface area contributed by atoms with Crippen LogP contribution in [0.4, 0.5) is 8.78 Å². The fourth-order valence-electron chi connectivity index (χ4n) is 1.38. The molecular weight excluding hydrogens is 180 g/mol. The highest BCUT2D eigenvalue weighted by Crippen LogP contribution is 2.41. The maximum absolute atomic E-state index is 12.3. The van der Waals surface area contributed by atoms with Gasteiger partial charge in [0, 0.05) is 12.8 Å². The molecule has 3 nitrogen and oxygen atoms in total. The molecule has 1 saturated carbocycles.